The Labute approximate surface area is 97.4 Å². The Morgan fingerprint density at radius 3 is 2.81 bits per heavy atom. The molecule has 0 aliphatic rings. The zero-order valence-corrected chi connectivity index (χ0v) is 9.25. The van der Waals surface area contributed by atoms with Crippen molar-refractivity contribution in [3.63, 3.8) is 0 Å². The number of hydrogen-bond acceptors (Lipinski definition) is 4. The number of hydrogen-bond donors (Lipinski definition) is 0. The van der Waals surface area contributed by atoms with Crippen LogP contribution in [0.1, 0.15) is 33.2 Å². The first-order valence-electron chi connectivity index (χ1n) is 4.50. The Bertz CT molecular complexity index is 477. The number of carbonyl (C=O) groups excluding carboxylic acids is 2. The molecule has 82 valence electrons. The maximum absolute atomic E-state index is 11.4. The van der Waals surface area contributed by atoms with Gasteiger partial charge in [-0.2, -0.15) is 5.26 Å². The van der Waals surface area contributed by atoms with Crippen molar-refractivity contribution in [3.05, 3.63) is 33.8 Å². The average molecular weight is 238 g/mol. The summed E-state index contributed by atoms with van der Waals surface area (Å²) in [5.41, 5.74) is 0.302. The van der Waals surface area contributed by atoms with E-state index >= 15 is 0 Å². The third-order valence-electron chi connectivity index (χ3n) is 1.87. The highest BCUT2D eigenvalue weighted by atomic mass is 35.5. The summed E-state index contributed by atoms with van der Waals surface area (Å²) in [6, 6.07) is 4.40. The summed E-state index contributed by atoms with van der Waals surface area (Å²) in [4.78, 5) is 22.1. The predicted molar refractivity (Wildman–Crippen MR) is 57.5 cm³/mol. The van der Waals surface area contributed by atoms with E-state index in [0.717, 1.165) is 0 Å². The summed E-state index contributed by atoms with van der Waals surface area (Å²) in [6.45, 7) is 1.90. The molecule has 0 aliphatic carbocycles. The topological polar surface area (TPSA) is 67.2 Å². The van der Waals surface area contributed by atoms with Crippen LogP contribution < -0.4 is 0 Å². The summed E-state index contributed by atoms with van der Waals surface area (Å²) in [6.07, 6.45) is 0.479. The van der Waals surface area contributed by atoms with Gasteiger partial charge in [0, 0.05) is 5.56 Å². The van der Waals surface area contributed by atoms with E-state index in [1.54, 1.807) is 13.0 Å². The Morgan fingerprint density at radius 2 is 2.31 bits per heavy atom. The zero-order valence-electron chi connectivity index (χ0n) is 8.49. The van der Waals surface area contributed by atoms with Crippen LogP contribution in [0.5, 0.6) is 0 Å². The summed E-state index contributed by atoms with van der Waals surface area (Å²) in [5.74, 6) is -0.572. The lowest BCUT2D eigenvalue weighted by atomic mass is 10.1. The minimum Gasteiger partial charge on any atom is -0.462 e. The van der Waals surface area contributed by atoms with Crippen LogP contribution >= 0.6 is 11.6 Å². The summed E-state index contributed by atoms with van der Waals surface area (Å²) in [7, 11) is 0. The lowest BCUT2D eigenvalue weighted by Gasteiger charge is -2.04. The fourth-order valence-electron chi connectivity index (χ4n) is 1.17. The molecule has 0 atom stereocenters. The highest BCUT2D eigenvalue weighted by Crippen LogP contribution is 2.21. The largest absolute Gasteiger partial charge is 0.462 e. The number of ether oxygens (including phenoxy) is 1. The number of carbonyl (C=O) groups is 2. The molecule has 0 spiro atoms. The van der Waals surface area contributed by atoms with E-state index in [9.17, 15) is 9.59 Å². The van der Waals surface area contributed by atoms with Crippen LogP contribution in [0.4, 0.5) is 0 Å². The van der Waals surface area contributed by atoms with Crippen molar-refractivity contribution < 1.29 is 14.3 Å². The van der Waals surface area contributed by atoms with Gasteiger partial charge in [0.25, 0.3) is 0 Å². The highest BCUT2D eigenvalue weighted by Gasteiger charge is 2.13. The average Bonchev–Trinajstić information content (AvgIpc) is 2.28. The minimum atomic E-state index is -0.572. The van der Waals surface area contributed by atoms with E-state index in [4.69, 9.17) is 21.6 Å². The van der Waals surface area contributed by atoms with Gasteiger partial charge in [-0.05, 0) is 19.1 Å². The smallest absolute Gasteiger partial charge is 0.338 e. The summed E-state index contributed by atoms with van der Waals surface area (Å²) >= 11 is 5.77. The number of esters is 1. The van der Waals surface area contributed by atoms with Gasteiger partial charge in [-0.15, -0.1) is 0 Å². The molecule has 0 bridgehead atoms. The van der Waals surface area contributed by atoms with Crippen LogP contribution in [0.25, 0.3) is 0 Å². The van der Waals surface area contributed by atoms with Gasteiger partial charge in [0.15, 0.2) is 6.29 Å². The second kappa shape index (κ2) is 5.29. The number of nitrogens with zero attached hydrogens (tertiary/aromatic N) is 1. The maximum atomic E-state index is 11.4. The van der Waals surface area contributed by atoms with Crippen molar-refractivity contribution in [1.29, 1.82) is 5.26 Å². The first-order chi connectivity index (χ1) is 7.63. The van der Waals surface area contributed by atoms with Gasteiger partial charge in [0.1, 0.15) is 6.07 Å². The van der Waals surface area contributed by atoms with Crippen molar-refractivity contribution in [3.8, 4) is 6.07 Å². The molecule has 0 aliphatic heterocycles. The van der Waals surface area contributed by atoms with E-state index < -0.39 is 5.97 Å². The summed E-state index contributed by atoms with van der Waals surface area (Å²) in [5, 5.41) is 8.82. The van der Waals surface area contributed by atoms with Crippen LogP contribution in [0.15, 0.2) is 12.1 Å². The Kier molecular flexibility index (Phi) is 4.03. The quantitative estimate of drug-likeness (QED) is 0.597. The number of halogens is 1. The van der Waals surface area contributed by atoms with Crippen LogP contribution in [0.3, 0.4) is 0 Å². The first-order valence-corrected chi connectivity index (χ1v) is 4.87. The van der Waals surface area contributed by atoms with E-state index in [2.05, 4.69) is 0 Å². The second-order valence-corrected chi connectivity index (χ2v) is 3.28. The van der Waals surface area contributed by atoms with Gasteiger partial charge in [0.05, 0.1) is 22.8 Å². The third-order valence-corrected chi connectivity index (χ3v) is 2.17. The van der Waals surface area contributed by atoms with E-state index in [0.29, 0.717) is 6.29 Å². The highest BCUT2D eigenvalue weighted by molar-refractivity contribution is 6.32. The molecule has 0 amide bonds. The summed E-state index contributed by atoms with van der Waals surface area (Å²) < 4.78 is 4.76. The number of rotatable bonds is 3. The van der Waals surface area contributed by atoms with Crippen molar-refractivity contribution in [2.75, 3.05) is 6.61 Å². The molecule has 0 N–H and O–H groups in total. The van der Waals surface area contributed by atoms with Crippen molar-refractivity contribution in [2.24, 2.45) is 0 Å². The molecule has 0 radical (unpaired) electrons. The van der Waals surface area contributed by atoms with Crippen LogP contribution in [0, 0.1) is 11.3 Å². The van der Waals surface area contributed by atoms with Gasteiger partial charge >= 0.3 is 5.97 Å². The maximum Gasteiger partial charge on any atom is 0.338 e. The van der Waals surface area contributed by atoms with Gasteiger partial charge in [-0.25, -0.2) is 4.79 Å². The lowest BCUT2D eigenvalue weighted by molar-refractivity contribution is 0.0526. The normalized spacial score (nSPS) is 9.31. The van der Waals surface area contributed by atoms with E-state index in [-0.39, 0.29) is 28.3 Å². The molecule has 0 saturated heterocycles. The molecule has 0 unspecified atom stereocenters. The fourth-order valence-corrected chi connectivity index (χ4v) is 1.44. The predicted octanol–water partition coefficient (Wildman–Crippen LogP) is 2.20. The number of nitriles is 1. The Morgan fingerprint density at radius 1 is 1.62 bits per heavy atom. The van der Waals surface area contributed by atoms with Gasteiger partial charge in [-0.1, -0.05) is 11.6 Å². The van der Waals surface area contributed by atoms with Crippen LogP contribution in [-0.2, 0) is 4.74 Å². The number of benzene rings is 1. The van der Waals surface area contributed by atoms with Gasteiger partial charge in [0.2, 0.25) is 0 Å². The molecule has 4 nitrogen and oxygen atoms in total. The second-order valence-electron chi connectivity index (χ2n) is 2.87. The standard InChI is InChI=1S/C11H8ClNO3/c1-2-16-11(15)7-3-8(6-14)9(5-13)10(12)4-7/h3-4,6H,2H2,1H3. The molecule has 1 rings (SSSR count). The van der Waals surface area contributed by atoms with Crippen molar-refractivity contribution in [2.45, 2.75) is 6.92 Å². The Balaban J connectivity index is 3.27. The van der Waals surface area contributed by atoms with Crippen LogP contribution in [-0.4, -0.2) is 18.9 Å². The molecule has 0 aromatic heterocycles. The molecule has 1 aromatic rings. The van der Waals surface area contributed by atoms with Crippen molar-refractivity contribution >= 4 is 23.9 Å². The van der Waals surface area contributed by atoms with Crippen molar-refractivity contribution in [1.82, 2.24) is 0 Å². The fraction of sp³-hybridized carbons (Fsp3) is 0.182. The molecule has 1 aromatic carbocycles. The first kappa shape index (κ1) is 12.2. The molecule has 16 heavy (non-hydrogen) atoms. The molecule has 0 fully saturated rings. The minimum absolute atomic E-state index is 0.0599. The van der Waals surface area contributed by atoms with E-state index in [1.807, 2.05) is 0 Å². The lowest BCUT2D eigenvalue weighted by Crippen LogP contribution is -2.06. The van der Waals surface area contributed by atoms with E-state index in [1.165, 1.54) is 12.1 Å². The van der Waals surface area contributed by atoms with Gasteiger partial charge < -0.3 is 4.74 Å². The van der Waals surface area contributed by atoms with Gasteiger partial charge in [-0.3, -0.25) is 4.79 Å². The zero-order chi connectivity index (χ0) is 12.1. The number of aldehydes is 1. The molecule has 5 heteroatoms. The third kappa shape index (κ3) is 2.38. The molecule has 0 heterocycles. The Hall–Kier alpha value is -1.86. The molecule has 0 saturated carbocycles. The molecular weight excluding hydrogens is 230 g/mol. The monoisotopic (exact) mass is 237 g/mol. The van der Waals surface area contributed by atoms with Crippen LogP contribution in [0.2, 0.25) is 5.02 Å². The molecular formula is C11H8ClNO3. The SMILES string of the molecule is CCOC(=O)c1cc(Cl)c(C#N)c(C=O)c1.